The summed E-state index contributed by atoms with van der Waals surface area (Å²) in [4.78, 5) is 56.1. The molecule has 58 heavy (non-hydrogen) atoms. The third kappa shape index (κ3) is 8.56. The van der Waals surface area contributed by atoms with E-state index in [2.05, 4.69) is 31.2 Å². The smallest absolute Gasteiger partial charge is 0.419 e. The largest absolute Gasteiger partial charge is 0.489 e. The highest BCUT2D eigenvalue weighted by Gasteiger charge is 2.37. The van der Waals surface area contributed by atoms with Crippen molar-refractivity contribution in [2.24, 2.45) is 0 Å². The van der Waals surface area contributed by atoms with Gasteiger partial charge in [-0.25, -0.2) is 19.8 Å². The molecule has 0 unspecified atom stereocenters. The Bertz CT molecular complexity index is 2260. The van der Waals surface area contributed by atoms with Crippen molar-refractivity contribution in [3.8, 4) is 5.75 Å². The summed E-state index contributed by atoms with van der Waals surface area (Å²) in [5.74, 6) is -0.115. The Morgan fingerprint density at radius 3 is 2.41 bits per heavy atom. The van der Waals surface area contributed by atoms with Gasteiger partial charge in [0.2, 0.25) is 5.91 Å². The number of para-hydroxylation sites is 1. The molecular formula is C42H45F3N8O5. The van der Waals surface area contributed by atoms with Gasteiger partial charge in [0.15, 0.2) is 0 Å². The molecule has 1 aromatic heterocycles. The average molecular weight is 799 g/mol. The van der Waals surface area contributed by atoms with Crippen molar-refractivity contribution < 1.29 is 37.1 Å². The maximum atomic E-state index is 14.2. The molecule has 16 heteroatoms. The van der Waals surface area contributed by atoms with E-state index in [1.807, 2.05) is 51.1 Å². The van der Waals surface area contributed by atoms with Gasteiger partial charge in [0.05, 0.1) is 47.4 Å². The summed E-state index contributed by atoms with van der Waals surface area (Å²) < 4.78 is 48.8. The van der Waals surface area contributed by atoms with Crippen molar-refractivity contribution in [1.82, 2.24) is 30.5 Å². The lowest BCUT2D eigenvalue weighted by Gasteiger charge is -2.33. The van der Waals surface area contributed by atoms with E-state index in [1.54, 1.807) is 12.1 Å². The van der Waals surface area contributed by atoms with Gasteiger partial charge in [0.25, 0.3) is 11.8 Å². The van der Waals surface area contributed by atoms with E-state index in [1.165, 1.54) is 35.3 Å². The number of halogens is 3. The van der Waals surface area contributed by atoms with Crippen LogP contribution in [0.4, 0.5) is 40.8 Å². The molecule has 0 spiro atoms. The van der Waals surface area contributed by atoms with Crippen LogP contribution in [0.2, 0.25) is 0 Å². The fraction of sp³-hybridized carbons (Fsp3) is 0.357. The quantitative estimate of drug-likeness (QED) is 0.123. The fourth-order valence-electron chi connectivity index (χ4n) is 7.75. The van der Waals surface area contributed by atoms with Crippen LogP contribution >= 0.6 is 0 Å². The number of hydrogen-bond donors (Lipinski definition) is 4. The Balaban J connectivity index is 1.04. The number of imide groups is 1. The number of fused-ring (bicyclic) bond motifs is 1. The lowest BCUT2D eigenvalue weighted by molar-refractivity contribution is -0.137. The molecule has 0 aliphatic carbocycles. The number of rotatable bonds is 11. The fourth-order valence-corrected chi connectivity index (χ4v) is 7.75. The first-order valence-corrected chi connectivity index (χ1v) is 19.2. The SMILES string of the molecule is CNC(=O)c1ccccc1Nc1cc(Nc2cc(C)c(C3CCN(Cc4ccc5c(c4)CN(N4CCC(=O)NC4=O)C5=O)CC3)cc2OC(C)C)ncc1C(F)(F)F. The maximum absolute atomic E-state index is 14.2. The molecule has 7 rings (SSSR count). The number of aromatic nitrogens is 1. The lowest BCUT2D eigenvalue weighted by atomic mass is 9.86. The molecule has 0 atom stereocenters. The van der Waals surface area contributed by atoms with Gasteiger partial charge < -0.3 is 20.7 Å². The zero-order chi connectivity index (χ0) is 41.3. The Morgan fingerprint density at radius 2 is 1.71 bits per heavy atom. The van der Waals surface area contributed by atoms with Crippen molar-refractivity contribution in [3.63, 3.8) is 0 Å². The molecule has 0 saturated carbocycles. The number of anilines is 4. The van der Waals surface area contributed by atoms with E-state index in [0.29, 0.717) is 23.5 Å². The van der Waals surface area contributed by atoms with Crippen molar-refractivity contribution in [3.05, 3.63) is 106 Å². The molecule has 2 fully saturated rings. The second kappa shape index (κ2) is 16.4. The number of benzene rings is 3. The molecule has 5 amide bonds. The second-order valence-corrected chi connectivity index (χ2v) is 15.0. The highest BCUT2D eigenvalue weighted by Crippen LogP contribution is 2.41. The van der Waals surface area contributed by atoms with E-state index in [0.717, 1.165) is 54.4 Å². The standard InChI is InChI=1S/C42H45F3N8O5/c1-24(2)58-36-19-31(25(3)17-35(36)49-37-20-34(32(21-47-37)42(43,44)45)48-33-8-6-5-7-30(33)39(55)46-4)27-11-14-51(15-12-27)22-26-9-10-29-28(18-26)23-53(40(29)56)52-16-13-38(54)50-41(52)57/h5-10,17-21,24,27H,11-16,22-23H2,1-4H3,(H,46,55)(H2,47,48,49)(H,50,54,57). The van der Waals surface area contributed by atoms with Gasteiger partial charge in [-0.1, -0.05) is 24.3 Å². The summed E-state index contributed by atoms with van der Waals surface area (Å²) in [6, 6.07) is 16.7. The number of piperidine rings is 1. The van der Waals surface area contributed by atoms with Gasteiger partial charge in [-0.2, -0.15) is 13.2 Å². The zero-order valence-corrected chi connectivity index (χ0v) is 32.6. The van der Waals surface area contributed by atoms with Gasteiger partial charge >= 0.3 is 12.2 Å². The van der Waals surface area contributed by atoms with Gasteiger partial charge in [-0.15, -0.1) is 0 Å². The van der Waals surface area contributed by atoms with Gasteiger partial charge in [-0.3, -0.25) is 24.6 Å². The van der Waals surface area contributed by atoms with Crippen LogP contribution in [0.1, 0.15) is 87.6 Å². The molecule has 4 heterocycles. The Hall–Kier alpha value is -6.16. The van der Waals surface area contributed by atoms with E-state index in [-0.39, 0.29) is 66.1 Å². The first-order chi connectivity index (χ1) is 27.7. The topological polar surface area (TPSA) is 148 Å². The molecule has 304 valence electrons. The Kier molecular flexibility index (Phi) is 11.3. The summed E-state index contributed by atoms with van der Waals surface area (Å²) >= 11 is 0. The highest BCUT2D eigenvalue weighted by atomic mass is 19.4. The van der Waals surface area contributed by atoms with Crippen LogP contribution in [0.3, 0.4) is 0 Å². The van der Waals surface area contributed by atoms with Crippen molar-refractivity contribution >= 4 is 46.6 Å². The molecule has 3 aliphatic heterocycles. The number of carbonyl (C=O) groups is 4. The predicted octanol–water partition coefficient (Wildman–Crippen LogP) is 7.24. The van der Waals surface area contributed by atoms with Crippen molar-refractivity contribution in [1.29, 1.82) is 0 Å². The minimum absolute atomic E-state index is 0.137. The van der Waals surface area contributed by atoms with E-state index >= 15 is 0 Å². The van der Waals surface area contributed by atoms with E-state index in [4.69, 9.17) is 4.74 Å². The molecule has 4 N–H and O–H groups in total. The third-order valence-electron chi connectivity index (χ3n) is 10.6. The van der Waals surface area contributed by atoms with Crippen LogP contribution in [0, 0.1) is 6.92 Å². The van der Waals surface area contributed by atoms with Gasteiger partial charge in [0, 0.05) is 37.8 Å². The number of nitrogens with zero attached hydrogens (tertiary/aromatic N) is 4. The molecule has 4 aromatic rings. The summed E-state index contributed by atoms with van der Waals surface area (Å²) in [6.07, 6.45) is -2.21. The molecule has 0 bridgehead atoms. The van der Waals surface area contributed by atoms with Gasteiger partial charge in [0.1, 0.15) is 11.6 Å². The number of carbonyl (C=O) groups excluding carboxylic acids is 4. The van der Waals surface area contributed by atoms with Crippen LogP contribution in [-0.4, -0.2) is 76.4 Å². The number of ether oxygens (including phenoxy) is 1. The van der Waals surface area contributed by atoms with Crippen LogP contribution in [0.15, 0.2) is 66.9 Å². The second-order valence-electron chi connectivity index (χ2n) is 15.0. The summed E-state index contributed by atoms with van der Waals surface area (Å²) in [6.45, 7) is 8.61. The van der Waals surface area contributed by atoms with E-state index in [9.17, 15) is 32.3 Å². The molecule has 3 aromatic carbocycles. The zero-order valence-electron chi connectivity index (χ0n) is 32.6. The van der Waals surface area contributed by atoms with Crippen molar-refractivity contribution in [2.45, 2.75) is 71.3 Å². The number of nitrogens with one attached hydrogen (secondary N) is 4. The summed E-state index contributed by atoms with van der Waals surface area (Å²) in [7, 11) is 1.45. The van der Waals surface area contributed by atoms with Crippen LogP contribution in [0.5, 0.6) is 5.75 Å². The van der Waals surface area contributed by atoms with E-state index < -0.39 is 23.7 Å². The summed E-state index contributed by atoms with van der Waals surface area (Å²) in [5, 5.41) is 13.5. The number of hydrogen-bond acceptors (Lipinski definition) is 9. The van der Waals surface area contributed by atoms with Crippen molar-refractivity contribution in [2.75, 3.05) is 37.3 Å². The van der Waals surface area contributed by atoms with Crippen LogP contribution in [0.25, 0.3) is 0 Å². The lowest BCUT2D eigenvalue weighted by Crippen LogP contribution is -2.56. The Morgan fingerprint density at radius 1 is 0.948 bits per heavy atom. The maximum Gasteiger partial charge on any atom is 0.419 e. The van der Waals surface area contributed by atoms with Gasteiger partial charge in [-0.05, 0) is 105 Å². The number of pyridine rings is 1. The summed E-state index contributed by atoms with van der Waals surface area (Å²) in [5.41, 5.74) is 4.29. The number of urea groups is 1. The van der Waals surface area contributed by atoms with Crippen LogP contribution < -0.4 is 26.0 Å². The first-order valence-electron chi connectivity index (χ1n) is 19.2. The van der Waals surface area contributed by atoms with Crippen LogP contribution in [-0.2, 0) is 24.1 Å². The predicted molar refractivity (Wildman–Crippen MR) is 211 cm³/mol. The minimum Gasteiger partial charge on any atom is -0.489 e. The number of amides is 5. The molecular weight excluding hydrogens is 754 g/mol. The highest BCUT2D eigenvalue weighted by molar-refractivity contribution is 6.02. The molecule has 3 aliphatic rings. The number of likely N-dealkylation sites (tertiary alicyclic amines) is 1. The number of aryl methyl sites for hydroxylation is 1. The molecule has 13 nitrogen and oxygen atoms in total. The number of hydrazine groups is 1. The number of alkyl halides is 3. The minimum atomic E-state index is -4.71. The normalized spacial score (nSPS) is 16.4. The average Bonchev–Trinajstić information content (AvgIpc) is 3.50. The molecule has 2 saturated heterocycles. The third-order valence-corrected chi connectivity index (χ3v) is 10.6. The first kappa shape index (κ1) is 40.1. The monoisotopic (exact) mass is 798 g/mol. The Labute approximate surface area is 333 Å². The molecule has 0 radical (unpaired) electrons.